The van der Waals surface area contributed by atoms with Crippen LogP contribution in [0.2, 0.25) is 0 Å². The van der Waals surface area contributed by atoms with E-state index in [9.17, 15) is 9.59 Å². The fraction of sp³-hybridized carbons (Fsp3) is 0.548. The molecule has 2 rings (SSSR count). The minimum absolute atomic E-state index is 0.0182. The smallest absolute Gasteiger partial charge is 0.343 e. The first-order valence-electron chi connectivity index (χ1n) is 13.9. The van der Waals surface area contributed by atoms with Crippen LogP contribution in [0, 0.1) is 5.92 Å². The molecular weight excluding hydrogens is 568 g/mol. The number of hydrogen-bond donors (Lipinski definition) is 0. The van der Waals surface area contributed by atoms with Crippen molar-refractivity contribution in [2.45, 2.75) is 89.9 Å². The summed E-state index contributed by atoms with van der Waals surface area (Å²) in [4.78, 5) is 24.6. The predicted octanol–water partition coefficient (Wildman–Crippen LogP) is 9.14. The van der Waals surface area contributed by atoms with E-state index >= 15 is 0 Å². The Morgan fingerprint density at radius 1 is 0.737 bits per heavy atom. The van der Waals surface area contributed by atoms with Crippen molar-refractivity contribution in [3.05, 3.63) is 54.1 Å². The minimum atomic E-state index is -0.705. The van der Waals surface area contributed by atoms with Crippen molar-refractivity contribution in [2.75, 3.05) is 11.9 Å². The van der Waals surface area contributed by atoms with E-state index in [1.165, 1.54) is 57.8 Å². The van der Waals surface area contributed by atoms with Crippen molar-refractivity contribution >= 4 is 39.5 Å². The summed E-state index contributed by atoms with van der Waals surface area (Å²) in [6.45, 7) is 4.55. The predicted molar refractivity (Wildman–Crippen MR) is 158 cm³/mol. The molecular formula is C31H42BrClO5. The lowest BCUT2D eigenvalue weighted by atomic mass is 10.1. The van der Waals surface area contributed by atoms with Crippen molar-refractivity contribution < 1.29 is 23.8 Å². The second kappa shape index (κ2) is 19.1. The Labute approximate surface area is 241 Å². The van der Waals surface area contributed by atoms with E-state index < -0.39 is 17.3 Å². The number of benzene rings is 2. The summed E-state index contributed by atoms with van der Waals surface area (Å²) in [7, 11) is 0. The lowest BCUT2D eigenvalue weighted by molar-refractivity contribution is -0.134. The number of halogens is 2. The number of rotatable bonds is 19. The Kier molecular flexibility index (Phi) is 16.1. The Morgan fingerprint density at radius 2 is 1.21 bits per heavy atom. The summed E-state index contributed by atoms with van der Waals surface area (Å²) in [5.74, 6) is 0.504. The highest BCUT2D eigenvalue weighted by Crippen LogP contribution is 2.22. The summed E-state index contributed by atoms with van der Waals surface area (Å²) >= 11 is 9.62. The molecule has 0 fully saturated rings. The molecule has 0 aliphatic rings. The van der Waals surface area contributed by atoms with Crippen molar-refractivity contribution in [3.8, 4) is 17.2 Å². The molecule has 0 radical (unpaired) electrons. The van der Waals surface area contributed by atoms with Gasteiger partial charge in [0, 0.05) is 5.33 Å². The Bertz CT molecular complexity index is 932. The molecule has 5 nitrogen and oxygen atoms in total. The van der Waals surface area contributed by atoms with Crippen LogP contribution >= 0.6 is 27.5 Å². The van der Waals surface area contributed by atoms with Crippen LogP contribution in [0.25, 0.3) is 0 Å². The van der Waals surface area contributed by atoms with E-state index in [-0.39, 0.29) is 5.92 Å². The summed E-state index contributed by atoms with van der Waals surface area (Å²) < 4.78 is 16.6. The lowest BCUT2D eigenvalue weighted by Crippen LogP contribution is -2.26. The van der Waals surface area contributed by atoms with Gasteiger partial charge in [-0.05, 0) is 67.3 Å². The van der Waals surface area contributed by atoms with Gasteiger partial charge in [-0.2, -0.15) is 0 Å². The standard InChI is InChI=1S/C31H42BrClO5/c1-3-24(2)29(33)31(35)38-28-20-18-27(19-21-28)37-30(34)25-14-16-26(17-15-25)36-23-13-11-9-7-5-4-6-8-10-12-22-32/h14-21,24,29H,3-13,22-23H2,1-2H3. The number of carbonyl (C=O) groups excluding carboxylic acids is 2. The van der Waals surface area contributed by atoms with Gasteiger partial charge >= 0.3 is 11.9 Å². The van der Waals surface area contributed by atoms with Crippen LogP contribution < -0.4 is 14.2 Å². The van der Waals surface area contributed by atoms with E-state index in [1.54, 1.807) is 48.5 Å². The first-order valence-corrected chi connectivity index (χ1v) is 15.5. The maximum Gasteiger partial charge on any atom is 0.343 e. The Hall–Kier alpha value is -2.05. The van der Waals surface area contributed by atoms with E-state index in [1.807, 2.05) is 13.8 Å². The highest BCUT2D eigenvalue weighted by molar-refractivity contribution is 9.09. The van der Waals surface area contributed by atoms with Crippen molar-refractivity contribution in [1.29, 1.82) is 0 Å². The van der Waals surface area contributed by atoms with Gasteiger partial charge in [-0.3, -0.25) is 4.79 Å². The Balaban J connectivity index is 1.63. The topological polar surface area (TPSA) is 61.8 Å². The van der Waals surface area contributed by atoms with E-state index in [4.69, 9.17) is 25.8 Å². The van der Waals surface area contributed by atoms with Gasteiger partial charge in [-0.15, -0.1) is 11.6 Å². The molecule has 2 aromatic rings. The van der Waals surface area contributed by atoms with Crippen LogP contribution in [0.4, 0.5) is 0 Å². The monoisotopic (exact) mass is 608 g/mol. The molecule has 0 heterocycles. The molecule has 0 spiro atoms. The molecule has 7 heteroatoms. The van der Waals surface area contributed by atoms with Crippen LogP contribution in [0.5, 0.6) is 17.2 Å². The molecule has 2 atom stereocenters. The molecule has 0 bridgehead atoms. The lowest BCUT2D eigenvalue weighted by Gasteiger charge is -2.15. The highest BCUT2D eigenvalue weighted by atomic mass is 79.9. The first kappa shape index (κ1) is 32.2. The maximum atomic E-state index is 12.5. The van der Waals surface area contributed by atoms with Gasteiger partial charge in [0.2, 0.25) is 0 Å². The second-order valence-electron chi connectivity index (χ2n) is 9.67. The molecule has 0 aliphatic heterocycles. The van der Waals surface area contributed by atoms with Crippen molar-refractivity contribution in [3.63, 3.8) is 0 Å². The number of ether oxygens (including phenoxy) is 3. The third-order valence-electron chi connectivity index (χ3n) is 6.51. The van der Waals surface area contributed by atoms with Gasteiger partial charge in [0.05, 0.1) is 12.2 Å². The third-order valence-corrected chi connectivity index (χ3v) is 7.68. The average molecular weight is 610 g/mol. The number of hydrogen-bond acceptors (Lipinski definition) is 5. The zero-order chi connectivity index (χ0) is 27.6. The summed E-state index contributed by atoms with van der Waals surface area (Å²) in [5.41, 5.74) is 0.429. The molecule has 210 valence electrons. The number of carbonyl (C=O) groups is 2. The van der Waals surface area contributed by atoms with Gasteiger partial charge in [0.15, 0.2) is 0 Å². The molecule has 0 aromatic heterocycles. The molecule has 0 aliphatic carbocycles. The highest BCUT2D eigenvalue weighted by Gasteiger charge is 2.23. The summed E-state index contributed by atoms with van der Waals surface area (Å²) in [5, 5.41) is 0.418. The van der Waals surface area contributed by atoms with Gasteiger partial charge in [0.25, 0.3) is 0 Å². The van der Waals surface area contributed by atoms with Crippen LogP contribution in [0.15, 0.2) is 48.5 Å². The van der Waals surface area contributed by atoms with Crippen LogP contribution in [-0.4, -0.2) is 29.3 Å². The van der Waals surface area contributed by atoms with Crippen molar-refractivity contribution in [2.24, 2.45) is 5.92 Å². The van der Waals surface area contributed by atoms with Gasteiger partial charge < -0.3 is 14.2 Å². The SMILES string of the molecule is CCC(C)C(Cl)C(=O)Oc1ccc(OC(=O)c2ccc(OCCCCCCCCCCCCBr)cc2)cc1. The third kappa shape index (κ3) is 12.7. The van der Waals surface area contributed by atoms with E-state index in [0.29, 0.717) is 23.7 Å². The van der Waals surface area contributed by atoms with E-state index in [2.05, 4.69) is 15.9 Å². The van der Waals surface area contributed by atoms with Gasteiger partial charge in [-0.25, -0.2) is 4.79 Å². The molecule has 0 saturated carbocycles. The first-order chi connectivity index (χ1) is 18.4. The largest absolute Gasteiger partial charge is 0.494 e. The molecule has 0 N–H and O–H groups in total. The maximum absolute atomic E-state index is 12.5. The second-order valence-corrected chi connectivity index (χ2v) is 10.9. The van der Waals surface area contributed by atoms with Crippen molar-refractivity contribution in [1.82, 2.24) is 0 Å². The van der Waals surface area contributed by atoms with Crippen LogP contribution in [0.3, 0.4) is 0 Å². The summed E-state index contributed by atoms with van der Waals surface area (Å²) in [6.07, 6.45) is 13.6. The molecule has 2 aromatic carbocycles. The normalized spacial score (nSPS) is 12.5. The van der Waals surface area contributed by atoms with Crippen LogP contribution in [-0.2, 0) is 4.79 Å². The molecule has 38 heavy (non-hydrogen) atoms. The van der Waals surface area contributed by atoms with Crippen LogP contribution in [0.1, 0.15) is 94.8 Å². The quantitative estimate of drug-likeness (QED) is 0.0688. The minimum Gasteiger partial charge on any atom is -0.494 e. The number of unbranched alkanes of at least 4 members (excludes halogenated alkanes) is 9. The molecule has 2 unspecified atom stereocenters. The zero-order valence-electron chi connectivity index (χ0n) is 22.8. The average Bonchev–Trinajstić information content (AvgIpc) is 2.94. The van der Waals surface area contributed by atoms with E-state index in [0.717, 1.165) is 23.9 Å². The fourth-order valence-electron chi connectivity index (χ4n) is 3.84. The summed E-state index contributed by atoms with van der Waals surface area (Å²) in [6, 6.07) is 13.3. The Morgan fingerprint density at radius 3 is 1.74 bits per heavy atom. The number of esters is 2. The zero-order valence-corrected chi connectivity index (χ0v) is 25.1. The number of alkyl halides is 2. The van der Waals surface area contributed by atoms with Gasteiger partial charge in [0.1, 0.15) is 22.6 Å². The fourth-order valence-corrected chi connectivity index (χ4v) is 4.46. The molecule has 0 amide bonds. The molecule has 0 saturated heterocycles. The van der Waals surface area contributed by atoms with Gasteiger partial charge in [-0.1, -0.05) is 87.6 Å².